The van der Waals surface area contributed by atoms with E-state index >= 15 is 0 Å². The van der Waals surface area contributed by atoms with Crippen LogP contribution in [-0.4, -0.2) is 22.4 Å². The van der Waals surface area contributed by atoms with Gasteiger partial charge in [-0.3, -0.25) is 0 Å². The van der Waals surface area contributed by atoms with Gasteiger partial charge >= 0.3 is 0 Å². The third-order valence-electron chi connectivity index (χ3n) is 2.21. The molecule has 0 saturated heterocycles. The third-order valence-corrected chi connectivity index (χ3v) is 2.21. The Labute approximate surface area is 84.5 Å². The second-order valence-electron chi connectivity index (χ2n) is 3.32. The summed E-state index contributed by atoms with van der Waals surface area (Å²) in [6.45, 7) is 3.43. The molecule has 14 heavy (non-hydrogen) atoms. The molecule has 0 amide bonds. The Balaban J connectivity index is 2.37. The lowest BCUT2D eigenvalue weighted by atomic mass is 10.0. The van der Waals surface area contributed by atoms with Gasteiger partial charge in [0.15, 0.2) is 0 Å². The predicted molar refractivity (Wildman–Crippen MR) is 57.0 cm³/mol. The first-order valence-electron chi connectivity index (χ1n) is 4.76. The maximum atomic E-state index is 9.46. The molecule has 2 nitrogen and oxygen atoms in total. The van der Waals surface area contributed by atoms with Gasteiger partial charge in [0.05, 0.1) is 12.2 Å². The van der Waals surface area contributed by atoms with Crippen LogP contribution in [0.5, 0.6) is 0 Å². The summed E-state index contributed by atoms with van der Waals surface area (Å²) in [6, 6.07) is 9.90. The SMILES string of the molecule is C=CC(O)C(O)CCc1ccccc1. The number of hydrogen-bond acceptors (Lipinski definition) is 2. The van der Waals surface area contributed by atoms with E-state index in [1.807, 2.05) is 30.3 Å². The number of rotatable bonds is 5. The number of aliphatic hydroxyl groups excluding tert-OH is 2. The Morgan fingerprint density at radius 3 is 2.43 bits per heavy atom. The van der Waals surface area contributed by atoms with Gasteiger partial charge in [-0.25, -0.2) is 0 Å². The Hall–Kier alpha value is -1.12. The van der Waals surface area contributed by atoms with Crippen LogP contribution in [0.25, 0.3) is 0 Å². The Kier molecular flexibility index (Phi) is 4.36. The molecule has 2 N–H and O–H groups in total. The Morgan fingerprint density at radius 2 is 1.86 bits per heavy atom. The maximum Gasteiger partial charge on any atom is 0.0977 e. The van der Waals surface area contributed by atoms with E-state index < -0.39 is 12.2 Å². The number of hydrogen-bond donors (Lipinski definition) is 2. The molecule has 2 unspecified atom stereocenters. The molecule has 0 heterocycles. The highest BCUT2D eigenvalue weighted by molar-refractivity contribution is 5.14. The lowest BCUT2D eigenvalue weighted by Crippen LogP contribution is -2.23. The van der Waals surface area contributed by atoms with Crippen molar-refractivity contribution in [1.29, 1.82) is 0 Å². The molecule has 1 aromatic carbocycles. The topological polar surface area (TPSA) is 40.5 Å². The minimum atomic E-state index is -0.821. The fourth-order valence-corrected chi connectivity index (χ4v) is 1.29. The molecule has 0 radical (unpaired) electrons. The first-order valence-corrected chi connectivity index (χ1v) is 4.76. The highest BCUT2D eigenvalue weighted by Gasteiger charge is 2.11. The molecule has 1 rings (SSSR count). The highest BCUT2D eigenvalue weighted by Crippen LogP contribution is 2.07. The van der Waals surface area contributed by atoms with Crippen molar-refractivity contribution >= 4 is 0 Å². The predicted octanol–water partition coefficient (Wildman–Crippen LogP) is 1.53. The summed E-state index contributed by atoms with van der Waals surface area (Å²) in [7, 11) is 0. The van der Waals surface area contributed by atoms with Crippen molar-refractivity contribution in [3.63, 3.8) is 0 Å². The van der Waals surface area contributed by atoms with Gasteiger partial charge in [-0.1, -0.05) is 36.4 Å². The van der Waals surface area contributed by atoms with Crippen LogP contribution in [0.3, 0.4) is 0 Å². The van der Waals surface area contributed by atoms with Crippen molar-refractivity contribution in [2.45, 2.75) is 25.0 Å². The van der Waals surface area contributed by atoms with Crippen molar-refractivity contribution in [3.8, 4) is 0 Å². The molecular weight excluding hydrogens is 176 g/mol. The van der Waals surface area contributed by atoms with Gasteiger partial charge in [-0.2, -0.15) is 0 Å². The molecule has 0 bridgehead atoms. The Morgan fingerprint density at radius 1 is 1.21 bits per heavy atom. The molecule has 0 aliphatic heterocycles. The zero-order valence-corrected chi connectivity index (χ0v) is 8.13. The van der Waals surface area contributed by atoms with Gasteiger partial charge in [0.25, 0.3) is 0 Å². The molecule has 0 aromatic heterocycles. The lowest BCUT2D eigenvalue weighted by molar-refractivity contribution is 0.0437. The van der Waals surface area contributed by atoms with Gasteiger partial charge in [0, 0.05) is 0 Å². The zero-order chi connectivity index (χ0) is 10.4. The number of benzene rings is 1. The first-order chi connectivity index (χ1) is 6.74. The fraction of sp³-hybridized carbons (Fsp3) is 0.333. The molecular formula is C12H16O2. The van der Waals surface area contributed by atoms with E-state index in [0.717, 1.165) is 6.42 Å². The van der Waals surface area contributed by atoms with Gasteiger partial charge in [-0.05, 0) is 18.4 Å². The maximum absolute atomic E-state index is 9.46. The monoisotopic (exact) mass is 192 g/mol. The van der Waals surface area contributed by atoms with Crippen molar-refractivity contribution < 1.29 is 10.2 Å². The largest absolute Gasteiger partial charge is 0.390 e. The van der Waals surface area contributed by atoms with Crippen LogP contribution in [0.4, 0.5) is 0 Å². The summed E-state index contributed by atoms with van der Waals surface area (Å²) in [5.74, 6) is 0. The molecule has 76 valence electrons. The van der Waals surface area contributed by atoms with E-state index in [-0.39, 0.29) is 0 Å². The lowest BCUT2D eigenvalue weighted by Gasteiger charge is -2.13. The van der Waals surface area contributed by atoms with Crippen LogP contribution in [-0.2, 0) is 6.42 Å². The smallest absolute Gasteiger partial charge is 0.0977 e. The van der Waals surface area contributed by atoms with Crippen LogP contribution in [0.15, 0.2) is 43.0 Å². The summed E-state index contributed by atoms with van der Waals surface area (Å²) in [4.78, 5) is 0. The second kappa shape index (κ2) is 5.58. The third kappa shape index (κ3) is 3.32. The van der Waals surface area contributed by atoms with E-state index in [4.69, 9.17) is 0 Å². The van der Waals surface area contributed by atoms with E-state index in [0.29, 0.717) is 6.42 Å². The molecule has 2 atom stereocenters. The summed E-state index contributed by atoms with van der Waals surface area (Å²) >= 11 is 0. The summed E-state index contributed by atoms with van der Waals surface area (Å²) in [6.07, 6.45) is 1.14. The van der Waals surface area contributed by atoms with Crippen LogP contribution in [0.2, 0.25) is 0 Å². The van der Waals surface area contributed by atoms with E-state index in [9.17, 15) is 10.2 Å². The molecule has 0 aliphatic rings. The van der Waals surface area contributed by atoms with Gasteiger partial charge < -0.3 is 10.2 Å². The Bertz CT molecular complexity index is 269. The van der Waals surface area contributed by atoms with E-state index in [2.05, 4.69) is 6.58 Å². The second-order valence-corrected chi connectivity index (χ2v) is 3.32. The average Bonchev–Trinajstić information content (AvgIpc) is 2.26. The van der Waals surface area contributed by atoms with Crippen LogP contribution >= 0.6 is 0 Å². The van der Waals surface area contributed by atoms with Crippen molar-refractivity contribution in [2.24, 2.45) is 0 Å². The van der Waals surface area contributed by atoms with Crippen LogP contribution < -0.4 is 0 Å². The minimum absolute atomic E-state index is 0.553. The minimum Gasteiger partial charge on any atom is -0.390 e. The van der Waals surface area contributed by atoms with Crippen molar-refractivity contribution in [3.05, 3.63) is 48.6 Å². The van der Waals surface area contributed by atoms with Crippen LogP contribution in [0.1, 0.15) is 12.0 Å². The summed E-state index contributed by atoms with van der Waals surface area (Å²) in [5.41, 5.74) is 1.17. The summed E-state index contributed by atoms with van der Waals surface area (Å²) in [5, 5.41) is 18.7. The number of aliphatic hydroxyl groups is 2. The van der Waals surface area contributed by atoms with Crippen molar-refractivity contribution in [1.82, 2.24) is 0 Å². The van der Waals surface area contributed by atoms with E-state index in [1.165, 1.54) is 11.6 Å². The zero-order valence-electron chi connectivity index (χ0n) is 8.13. The highest BCUT2D eigenvalue weighted by atomic mass is 16.3. The average molecular weight is 192 g/mol. The standard InChI is InChI=1S/C12H16O2/c1-2-11(13)12(14)9-8-10-6-4-3-5-7-10/h2-7,11-14H,1,8-9H2. The molecule has 1 aromatic rings. The van der Waals surface area contributed by atoms with Gasteiger partial charge in [0.1, 0.15) is 0 Å². The van der Waals surface area contributed by atoms with Gasteiger partial charge in [-0.15, -0.1) is 6.58 Å². The molecule has 0 aliphatic carbocycles. The van der Waals surface area contributed by atoms with Crippen LogP contribution in [0, 0.1) is 0 Å². The first kappa shape index (κ1) is 11.0. The molecule has 0 fully saturated rings. The molecule has 2 heteroatoms. The fourth-order valence-electron chi connectivity index (χ4n) is 1.29. The number of aryl methyl sites for hydroxylation is 1. The molecule has 0 saturated carbocycles. The normalized spacial score (nSPS) is 14.7. The van der Waals surface area contributed by atoms with E-state index in [1.54, 1.807) is 0 Å². The molecule has 0 spiro atoms. The van der Waals surface area contributed by atoms with Gasteiger partial charge in [0.2, 0.25) is 0 Å². The van der Waals surface area contributed by atoms with Crippen molar-refractivity contribution in [2.75, 3.05) is 0 Å². The quantitative estimate of drug-likeness (QED) is 0.694. The summed E-state index contributed by atoms with van der Waals surface area (Å²) < 4.78 is 0.